The van der Waals surface area contributed by atoms with Gasteiger partial charge in [-0.1, -0.05) is 51.1 Å². The Labute approximate surface area is 244 Å². The van der Waals surface area contributed by atoms with Crippen molar-refractivity contribution < 1.29 is 23.5 Å². The van der Waals surface area contributed by atoms with Gasteiger partial charge in [0.15, 0.2) is 6.61 Å². The molecule has 5 rings (SSSR count). The van der Waals surface area contributed by atoms with Crippen LogP contribution in [0.3, 0.4) is 0 Å². The smallest absolute Gasteiger partial charge is 0.339 e. The Morgan fingerprint density at radius 1 is 0.857 bits per heavy atom. The number of aromatic nitrogens is 1. The zero-order valence-corrected chi connectivity index (χ0v) is 23.7. The van der Waals surface area contributed by atoms with Crippen LogP contribution in [0.5, 0.6) is 11.5 Å². The Morgan fingerprint density at radius 3 is 2.17 bits per heavy atom. The highest BCUT2D eigenvalue weighted by atomic mass is 19.1. The Hall–Kier alpha value is -5.04. The summed E-state index contributed by atoms with van der Waals surface area (Å²) in [5.41, 5.74) is 3.88. The van der Waals surface area contributed by atoms with Gasteiger partial charge in [0.05, 0.1) is 16.8 Å². The maximum Gasteiger partial charge on any atom is 0.339 e. The number of amides is 1. The number of esters is 1. The van der Waals surface area contributed by atoms with Gasteiger partial charge in [0.2, 0.25) is 0 Å². The number of fused-ring (bicyclic) bond motifs is 1. The minimum absolute atomic E-state index is 0.103. The molecular formula is C35H31FN2O4. The average molecular weight is 563 g/mol. The lowest BCUT2D eigenvalue weighted by atomic mass is 9.82. The summed E-state index contributed by atoms with van der Waals surface area (Å²) >= 11 is 0. The molecule has 1 heterocycles. The van der Waals surface area contributed by atoms with Crippen molar-refractivity contribution in [3.63, 3.8) is 0 Å². The SMILES string of the molecule is CCC(C)(C)c1ccc(Oc2ccc(NC(=O)COC(=O)c3cc(-c4ccc(F)cc4)nc4ccccc34)cc2)cc1. The second-order valence-electron chi connectivity index (χ2n) is 10.6. The van der Waals surface area contributed by atoms with Crippen LogP contribution in [0.15, 0.2) is 103 Å². The number of nitrogens with zero attached hydrogens (tertiary/aromatic N) is 1. The first-order valence-corrected chi connectivity index (χ1v) is 13.7. The second-order valence-corrected chi connectivity index (χ2v) is 10.6. The van der Waals surface area contributed by atoms with Crippen molar-refractivity contribution in [3.05, 3.63) is 120 Å². The van der Waals surface area contributed by atoms with E-state index < -0.39 is 18.5 Å². The van der Waals surface area contributed by atoms with Gasteiger partial charge in [-0.15, -0.1) is 0 Å². The van der Waals surface area contributed by atoms with Gasteiger partial charge >= 0.3 is 5.97 Å². The quantitative estimate of drug-likeness (QED) is 0.183. The molecule has 0 bridgehead atoms. The van der Waals surface area contributed by atoms with Crippen molar-refractivity contribution in [1.29, 1.82) is 0 Å². The summed E-state index contributed by atoms with van der Waals surface area (Å²) in [6.45, 7) is 6.12. The molecule has 1 amide bonds. The molecule has 0 aliphatic heterocycles. The van der Waals surface area contributed by atoms with Crippen LogP contribution in [0.4, 0.5) is 10.1 Å². The summed E-state index contributed by atoms with van der Waals surface area (Å²) in [6.07, 6.45) is 1.04. The van der Waals surface area contributed by atoms with E-state index >= 15 is 0 Å². The molecule has 4 aromatic carbocycles. The highest BCUT2D eigenvalue weighted by Crippen LogP contribution is 2.30. The maximum absolute atomic E-state index is 13.4. The number of ether oxygens (including phenoxy) is 2. The van der Waals surface area contributed by atoms with Gasteiger partial charge < -0.3 is 14.8 Å². The highest BCUT2D eigenvalue weighted by Gasteiger charge is 2.18. The molecule has 0 aliphatic carbocycles. The van der Waals surface area contributed by atoms with Crippen LogP contribution in [-0.4, -0.2) is 23.5 Å². The third-order valence-corrected chi connectivity index (χ3v) is 7.30. The van der Waals surface area contributed by atoms with E-state index in [4.69, 9.17) is 9.47 Å². The Kier molecular flexibility index (Phi) is 8.29. The number of benzene rings is 4. The zero-order valence-electron chi connectivity index (χ0n) is 23.7. The number of halogens is 1. The fourth-order valence-corrected chi connectivity index (χ4v) is 4.44. The van der Waals surface area contributed by atoms with Gasteiger partial charge in [0, 0.05) is 16.6 Å². The molecule has 0 atom stereocenters. The van der Waals surface area contributed by atoms with Gasteiger partial charge in [-0.25, -0.2) is 14.2 Å². The predicted octanol–water partition coefficient (Wildman–Crippen LogP) is 8.32. The molecule has 0 fully saturated rings. The molecule has 0 spiro atoms. The number of carbonyl (C=O) groups is 2. The number of nitrogens with one attached hydrogen (secondary N) is 1. The van der Waals surface area contributed by atoms with Crippen LogP contribution in [0.2, 0.25) is 0 Å². The molecule has 6 nitrogen and oxygen atoms in total. The van der Waals surface area contributed by atoms with Crippen LogP contribution >= 0.6 is 0 Å². The normalized spacial score (nSPS) is 11.2. The highest BCUT2D eigenvalue weighted by molar-refractivity contribution is 6.05. The summed E-state index contributed by atoms with van der Waals surface area (Å²) in [7, 11) is 0. The molecule has 1 N–H and O–H groups in total. The number of anilines is 1. The van der Waals surface area contributed by atoms with E-state index in [1.54, 1.807) is 60.7 Å². The Bertz CT molecular complexity index is 1710. The van der Waals surface area contributed by atoms with Crippen molar-refractivity contribution in [2.75, 3.05) is 11.9 Å². The summed E-state index contributed by atoms with van der Waals surface area (Å²) in [5.74, 6) is -0.162. The van der Waals surface area contributed by atoms with Gasteiger partial charge in [0.25, 0.3) is 5.91 Å². The van der Waals surface area contributed by atoms with Crippen LogP contribution < -0.4 is 10.1 Å². The van der Waals surface area contributed by atoms with E-state index in [0.717, 1.165) is 12.2 Å². The largest absolute Gasteiger partial charge is 0.457 e. The molecule has 7 heteroatoms. The minimum atomic E-state index is -0.663. The van der Waals surface area contributed by atoms with Gasteiger partial charge in [-0.3, -0.25) is 4.79 Å². The fourth-order valence-electron chi connectivity index (χ4n) is 4.44. The lowest BCUT2D eigenvalue weighted by molar-refractivity contribution is -0.119. The summed E-state index contributed by atoms with van der Waals surface area (Å²) in [4.78, 5) is 30.2. The minimum Gasteiger partial charge on any atom is -0.457 e. The molecule has 42 heavy (non-hydrogen) atoms. The standard InChI is InChI=1S/C35H31FN2O4/c1-4-35(2,3)24-11-17-27(18-12-24)42-28-19-15-26(16-20-28)37-33(39)22-41-34(40)30-21-32(23-9-13-25(36)14-10-23)38-31-8-6-5-7-29(30)31/h5-21H,4,22H2,1-3H3,(H,37,39). The van der Waals surface area contributed by atoms with Crippen molar-refractivity contribution in [1.82, 2.24) is 4.98 Å². The number of para-hydroxylation sites is 1. The van der Waals surface area contributed by atoms with Gasteiger partial charge in [-0.05, 0) is 90.2 Å². The molecule has 5 aromatic rings. The number of rotatable bonds is 9. The van der Waals surface area contributed by atoms with Crippen LogP contribution in [0, 0.1) is 5.82 Å². The first-order valence-electron chi connectivity index (χ1n) is 13.7. The van der Waals surface area contributed by atoms with E-state index in [-0.39, 0.29) is 16.8 Å². The molecule has 0 aliphatic rings. The van der Waals surface area contributed by atoms with Gasteiger partial charge in [0.1, 0.15) is 17.3 Å². The second kappa shape index (κ2) is 12.2. The number of pyridine rings is 1. The van der Waals surface area contributed by atoms with Crippen molar-refractivity contribution in [2.24, 2.45) is 0 Å². The van der Waals surface area contributed by atoms with Crippen molar-refractivity contribution in [2.45, 2.75) is 32.6 Å². The Morgan fingerprint density at radius 2 is 1.50 bits per heavy atom. The average Bonchev–Trinajstić information content (AvgIpc) is 3.01. The molecule has 0 unspecified atom stereocenters. The topological polar surface area (TPSA) is 77.5 Å². The number of hydrogen-bond acceptors (Lipinski definition) is 5. The lowest BCUT2D eigenvalue weighted by Gasteiger charge is -2.23. The summed E-state index contributed by atoms with van der Waals surface area (Å²) in [6, 6.07) is 29.6. The molecule has 0 saturated heterocycles. The summed E-state index contributed by atoms with van der Waals surface area (Å²) < 4.78 is 24.7. The molecule has 0 saturated carbocycles. The van der Waals surface area contributed by atoms with E-state index in [1.807, 2.05) is 18.2 Å². The Balaban J connectivity index is 1.21. The van der Waals surface area contributed by atoms with Gasteiger partial charge in [-0.2, -0.15) is 0 Å². The zero-order chi connectivity index (χ0) is 29.7. The number of hydrogen-bond donors (Lipinski definition) is 1. The third kappa shape index (κ3) is 6.63. The van der Waals surface area contributed by atoms with E-state index in [9.17, 15) is 14.0 Å². The molecule has 212 valence electrons. The van der Waals surface area contributed by atoms with Crippen LogP contribution in [-0.2, 0) is 14.9 Å². The summed E-state index contributed by atoms with van der Waals surface area (Å²) in [5, 5.41) is 3.32. The van der Waals surface area contributed by atoms with Crippen LogP contribution in [0.1, 0.15) is 43.1 Å². The monoisotopic (exact) mass is 562 g/mol. The fraction of sp³-hybridized carbons (Fsp3) is 0.171. The van der Waals surface area contributed by atoms with E-state index in [0.29, 0.717) is 33.6 Å². The first kappa shape index (κ1) is 28.5. The predicted molar refractivity (Wildman–Crippen MR) is 162 cm³/mol. The van der Waals surface area contributed by atoms with E-state index in [2.05, 4.69) is 43.2 Å². The third-order valence-electron chi connectivity index (χ3n) is 7.30. The van der Waals surface area contributed by atoms with Crippen LogP contribution in [0.25, 0.3) is 22.2 Å². The first-order chi connectivity index (χ1) is 20.2. The number of carbonyl (C=O) groups excluding carboxylic acids is 2. The van der Waals surface area contributed by atoms with Crippen molar-refractivity contribution >= 4 is 28.5 Å². The maximum atomic E-state index is 13.4. The lowest BCUT2D eigenvalue weighted by Crippen LogP contribution is -2.21. The molecule has 1 aromatic heterocycles. The molecule has 0 radical (unpaired) electrons. The van der Waals surface area contributed by atoms with E-state index in [1.165, 1.54) is 17.7 Å². The van der Waals surface area contributed by atoms with Crippen molar-refractivity contribution in [3.8, 4) is 22.8 Å². The molecular weight excluding hydrogens is 531 g/mol.